The number of carbonyl (C=O) groups is 3. The van der Waals surface area contributed by atoms with Gasteiger partial charge in [0.1, 0.15) is 23.1 Å². The number of hydrogen-bond acceptors (Lipinski definition) is 5. The van der Waals surface area contributed by atoms with E-state index in [9.17, 15) is 19.5 Å². The minimum Gasteiger partial charge on any atom is -0.494 e. The average molecular weight is 332 g/mol. The Morgan fingerprint density at radius 1 is 1.21 bits per heavy atom. The molecule has 0 aliphatic heterocycles. The van der Waals surface area contributed by atoms with E-state index >= 15 is 0 Å². The first-order chi connectivity index (χ1) is 11.2. The lowest BCUT2D eigenvalue weighted by Crippen LogP contribution is -2.53. The van der Waals surface area contributed by atoms with Crippen LogP contribution in [-0.2, 0) is 14.4 Å². The van der Waals surface area contributed by atoms with E-state index in [-0.39, 0.29) is 23.8 Å². The van der Waals surface area contributed by atoms with Crippen molar-refractivity contribution in [1.29, 1.82) is 0 Å². The Morgan fingerprint density at radius 2 is 1.79 bits per heavy atom. The van der Waals surface area contributed by atoms with Crippen LogP contribution in [0.15, 0.2) is 24.3 Å². The van der Waals surface area contributed by atoms with Crippen molar-refractivity contribution in [3.05, 3.63) is 29.8 Å². The second kappa shape index (κ2) is 6.85. The number of benzene rings is 1. The van der Waals surface area contributed by atoms with Gasteiger partial charge in [0.25, 0.3) is 0 Å². The van der Waals surface area contributed by atoms with Crippen LogP contribution in [0.25, 0.3) is 0 Å². The van der Waals surface area contributed by atoms with Crippen molar-refractivity contribution in [2.75, 3.05) is 6.61 Å². The third kappa shape index (κ3) is 3.41. The predicted molar refractivity (Wildman–Crippen MR) is 88.9 cm³/mol. The van der Waals surface area contributed by atoms with Crippen LogP contribution in [0.4, 0.5) is 0 Å². The van der Waals surface area contributed by atoms with Gasteiger partial charge < -0.3 is 9.84 Å². The monoisotopic (exact) mass is 332 g/mol. The maximum atomic E-state index is 12.5. The first-order valence-electron chi connectivity index (χ1n) is 8.17. The maximum Gasteiger partial charge on any atom is 0.146 e. The summed E-state index contributed by atoms with van der Waals surface area (Å²) in [5.41, 5.74) is -0.773. The molecule has 0 saturated heterocycles. The lowest BCUT2D eigenvalue weighted by molar-refractivity contribution is -0.151. The molecule has 0 unspecified atom stereocenters. The van der Waals surface area contributed by atoms with Gasteiger partial charge in [0.2, 0.25) is 0 Å². The molecule has 1 aliphatic rings. The van der Waals surface area contributed by atoms with Crippen LogP contribution in [0, 0.1) is 11.8 Å². The molecule has 5 heteroatoms. The molecular formula is C19H24O5. The number of carbonyl (C=O) groups excluding carboxylic acids is 3. The normalized spacial score (nSPS) is 30.0. The molecule has 1 aliphatic carbocycles. The van der Waals surface area contributed by atoms with Crippen molar-refractivity contribution in [1.82, 2.24) is 0 Å². The molecule has 1 aromatic carbocycles. The van der Waals surface area contributed by atoms with Gasteiger partial charge in [-0.25, -0.2) is 0 Å². The van der Waals surface area contributed by atoms with Gasteiger partial charge in [-0.2, -0.15) is 0 Å². The van der Waals surface area contributed by atoms with Crippen LogP contribution in [0.5, 0.6) is 5.75 Å². The van der Waals surface area contributed by atoms with Gasteiger partial charge in [0, 0.05) is 12.3 Å². The number of rotatable bonds is 5. The number of hydrogen-bond donors (Lipinski definition) is 1. The lowest BCUT2D eigenvalue weighted by Gasteiger charge is -2.44. The highest BCUT2D eigenvalue weighted by atomic mass is 16.5. The molecule has 1 saturated carbocycles. The van der Waals surface area contributed by atoms with Crippen LogP contribution in [0.3, 0.4) is 0 Å². The SMILES string of the molecule is CCOc1ccc([C@@H]2[C@H](C(C)=O)C(=O)C[C@@](C)(O)[C@H]2C(C)=O)cc1. The molecular weight excluding hydrogens is 308 g/mol. The molecule has 4 atom stereocenters. The van der Waals surface area contributed by atoms with E-state index < -0.39 is 23.4 Å². The van der Waals surface area contributed by atoms with Gasteiger partial charge in [0.05, 0.1) is 24.0 Å². The van der Waals surface area contributed by atoms with Gasteiger partial charge in [-0.05, 0) is 45.4 Å². The first kappa shape index (κ1) is 18.3. The van der Waals surface area contributed by atoms with E-state index in [0.29, 0.717) is 17.9 Å². The molecule has 0 spiro atoms. The Balaban J connectivity index is 2.53. The minimum atomic E-state index is -1.46. The number of ketones is 3. The summed E-state index contributed by atoms with van der Waals surface area (Å²) in [5.74, 6) is -2.51. The summed E-state index contributed by atoms with van der Waals surface area (Å²) in [5, 5.41) is 10.7. The van der Waals surface area contributed by atoms with Gasteiger partial charge in [0.15, 0.2) is 0 Å². The summed E-state index contributed by atoms with van der Waals surface area (Å²) in [4.78, 5) is 36.8. The second-order valence-electron chi connectivity index (χ2n) is 6.70. The molecule has 0 heterocycles. The largest absolute Gasteiger partial charge is 0.494 e. The predicted octanol–water partition coefficient (Wildman–Crippen LogP) is 2.30. The highest BCUT2D eigenvalue weighted by Gasteiger charge is 2.53. The standard InChI is InChI=1S/C19H24O5/c1-5-24-14-8-6-13(7-9-14)17-16(11(2)20)15(22)10-19(4,23)18(17)12(3)21/h6-9,16-18,23H,5,10H2,1-4H3/t16-,17-,18+,19-/m1/s1. The summed E-state index contributed by atoms with van der Waals surface area (Å²) in [7, 11) is 0. The van der Waals surface area contributed by atoms with Crippen molar-refractivity contribution >= 4 is 17.3 Å². The van der Waals surface area contributed by atoms with E-state index in [1.165, 1.54) is 20.8 Å². The molecule has 2 rings (SSSR count). The highest BCUT2D eigenvalue weighted by molar-refractivity contribution is 6.05. The number of ether oxygens (including phenoxy) is 1. The number of aliphatic hydroxyl groups is 1. The van der Waals surface area contributed by atoms with Gasteiger partial charge in [-0.1, -0.05) is 12.1 Å². The summed E-state index contributed by atoms with van der Waals surface area (Å²) in [6, 6.07) is 7.02. The maximum absolute atomic E-state index is 12.5. The Hall–Kier alpha value is -2.01. The average Bonchev–Trinajstić information content (AvgIpc) is 2.45. The fourth-order valence-corrected chi connectivity index (χ4v) is 3.86. The van der Waals surface area contributed by atoms with Crippen molar-refractivity contribution in [3.8, 4) is 5.75 Å². The molecule has 130 valence electrons. The smallest absolute Gasteiger partial charge is 0.146 e. The molecule has 5 nitrogen and oxygen atoms in total. The molecule has 24 heavy (non-hydrogen) atoms. The molecule has 0 bridgehead atoms. The molecule has 0 aromatic heterocycles. The van der Waals surface area contributed by atoms with Gasteiger partial charge in [-0.3, -0.25) is 14.4 Å². The Bertz CT molecular complexity index is 644. The molecule has 0 amide bonds. The Kier molecular flexibility index (Phi) is 5.23. The van der Waals surface area contributed by atoms with E-state index in [0.717, 1.165) is 0 Å². The van der Waals surface area contributed by atoms with Crippen LogP contribution in [0.1, 0.15) is 45.6 Å². The Morgan fingerprint density at radius 3 is 2.25 bits per heavy atom. The van der Waals surface area contributed by atoms with Crippen LogP contribution >= 0.6 is 0 Å². The van der Waals surface area contributed by atoms with Crippen LogP contribution in [0.2, 0.25) is 0 Å². The quantitative estimate of drug-likeness (QED) is 0.837. The summed E-state index contributed by atoms with van der Waals surface area (Å²) >= 11 is 0. The van der Waals surface area contributed by atoms with E-state index in [1.807, 2.05) is 6.92 Å². The minimum absolute atomic E-state index is 0.185. The summed E-state index contributed by atoms with van der Waals surface area (Å²) in [6.45, 7) is 6.66. The lowest BCUT2D eigenvalue weighted by atomic mass is 9.60. The zero-order valence-corrected chi connectivity index (χ0v) is 14.5. The zero-order chi connectivity index (χ0) is 18.1. The Labute approximate surface area is 142 Å². The van der Waals surface area contributed by atoms with Crippen LogP contribution in [-0.4, -0.2) is 34.7 Å². The van der Waals surface area contributed by atoms with E-state index in [4.69, 9.17) is 4.74 Å². The number of Topliss-reactive ketones (excluding diaryl/α,β-unsaturated/α-hetero) is 3. The van der Waals surface area contributed by atoms with Crippen molar-refractivity contribution in [3.63, 3.8) is 0 Å². The van der Waals surface area contributed by atoms with Crippen molar-refractivity contribution < 1.29 is 24.2 Å². The zero-order valence-electron chi connectivity index (χ0n) is 14.5. The van der Waals surface area contributed by atoms with Crippen LogP contribution < -0.4 is 4.74 Å². The van der Waals surface area contributed by atoms with E-state index in [2.05, 4.69) is 0 Å². The second-order valence-corrected chi connectivity index (χ2v) is 6.70. The fraction of sp³-hybridized carbons (Fsp3) is 0.526. The topological polar surface area (TPSA) is 80.7 Å². The summed E-state index contributed by atoms with van der Waals surface area (Å²) in [6.07, 6.45) is -0.185. The summed E-state index contributed by atoms with van der Waals surface area (Å²) < 4.78 is 5.41. The van der Waals surface area contributed by atoms with Crippen molar-refractivity contribution in [2.45, 2.75) is 45.6 Å². The molecule has 1 fully saturated rings. The molecule has 0 radical (unpaired) electrons. The third-order valence-corrected chi connectivity index (χ3v) is 4.72. The molecule has 1 aromatic rings. The molecule has 1 N–H and O–H groups in total. The van der Waals surface area contributed by atoms with E-state index in [1.54, 1.807) is 24.3 Å². The van der Waals surface area contributed by atoms with Gasteiger partial charge in [-0.15, -0.1) is 0 Å². The third-order valence-electron chi connectivity index (χ3n) is 4.72. The van der Waals surface area contributed by atoms with Crippen molar-refractivity contribution in [2.24, 2.45) is 11.8 Å². The first-order valence-corrected chi connectivity index (χ1v) is 8.17. The fourth-order valence-electron chi connectivity index (χ4n) is 3.86. The highest BCUT2D eigenvalue weighted by Crippen LogP contribution is 2.46. The van der Waals surface area contributed by atoms with Gasteiger partial charge >= 0.3 is 0 Å².